The molecule has 3 amide bonds. The molecule has 0 unspecified atom stereocenters. The van der Waals surface area contributed by atoms with Crippen molar-refractivity contribution in [3.63, 3.8) is 0 Å². The molecular weight excluding hydrogens is 647 g/mol. The van der Waals surface area contributed by atoms with Crippen LogP contribution in [0.25, 0.3) is 0 Å². The number of carboxylic acid groups (broad SMARTS) is 1. The maximum Gasteiger partial charge on any atom is 0.326 e. The van der Waals surface area contributed by atoms with Gasteiger partial charge in [0.2, 0.25) is 21.8 Å². The average Bonchev–Trinajstić information content (AvgIpc) is 3.83. The largest absolute Gasteiger partial charge is 0.504 e. The zero-order chi connectivity index (χ0) is 33.1. The Bertz CT molecular complexity index is 1760. The first-order valence-electron chi connectivity index (χ1n) is 15.0. The molecule has 6 rings (SSSR count). The highest BCUT2D eigenvalue weighted by atomic mass is 35.5. The zero-order valence-corrected chi connectivity index (χ0v) is 26.1. The number of carbonyl (C=O) groups excluding carboxylic acids is 3. The number of carbonyl (C=O) groups is 4. The van der Waals surface area contributed by atoms with Gasteiger partial charge in [0.05, 0.1) is 15.5 Å². The van der Waals surface area contributed by atoms with Crippen molar-refractivity contribution in [1.29, 1.82) is 0 Å². The van der Waals surface area contributed by atoms with Crippen LogP contribution in [-0.4, -0.2) is 104 Å². The van der Waals surface area contributed by atoms with Crippen molar-refractivity contribution in [3.8, 4) is 11.5 Å². The minimum absolute atomic E-state index is 0.0411. The van der Waals surface area contributed by atoms with Gasteiger partial charge in [-0.05, 0) is 56.2 Å². The number of aromatic hydroxyl groups is 2. The lowest BCUT2D eigenvalue weighted by atomic mass is 10.1. The van der Waals surface area contributed by atoms with Gasteiger partial charge in [-0.15, -0.1) is 0 Å². The van der Waals surface area contributed by atoms with Gasteiger partial charge in [0.1, 0.15) is 23.9 Å². The topological polar surface area (TPSA) is 176 Å². The maximum atomic E-state index is 14.2. The van der Waals surface area contributed by atoms with Crippen molar-refractivity contribution in [1.82, 2.24) is 19.0 Å². The monoisotopic (exact) mass is 678 g/mol. The first-order valence-corrected chi connectivity index (χ1v) is 16.8. The second kappa shape index (κ2) is 12.0. The Labute approximate surface area is 268 Å². The summed E-state index contributed by atoms with van der Waals surface area (Å²) in [6.07, 6.45) is 2.15. The highest BCUT2D eigenvalue weighted by Crippen LogP contribution is 2.43. The normalized spacial score (nSPS) is 23.4. The number of halogens is 2. The standard InChI is InChI=1S/C30H32ClFN4O9S/c31-18-12-16(7-8-19(18)32)14-33-15-17-24(13-23(37)26(38)25(17)29(33)41)46(44,45)36-11-3-5-21(36)28(40)34-9-1-4-20(34)27(39)35-10-2-6-22(35)30(42)43/h7-8,12-13,20-22,37-38H,1-6,9-11,14-15H2,(H,42,43)/t20-,21-,22-/m0/s1. The molecule has 246 valence electrons. The molecule has 4 aliphatic heterocycles. The minimum atomic E-state index is -4.54. The molecule has 0 saturated carbocycles. The molecule has 0 aromatic heterocycles. The molecule has 0 radical (unpaired) electrons. The smallest absolute Gasteiger partial charge is 0.326 e. The molecule has 0 spiro atoms. The number of hydrogen-bond donors (Lipinski definition) is 3. The van der Waals surface area contributed by atoms with Crippen LogP contribution >= 0.6 is 11.6 Å². The second-order valence-corrected chi connectivity index (χ2v) is 14.3. The van der Waals surface area contributed by atoms with E-state index in [1.54, 1.807) is 0 Å². The predicted octanol–water partition coefficient (Wildman–Crippen LogP) is 2.27. The first kappa shape index (κ1) is 32.0. The molecule has 3 atom stereocenters. The summed E-state index contributed by atoms with van der Waals surface area (Å²) in [5.41, 5.74) is -0.00330. The van der Waals surface area contributed by atoms with Gasteiger partial charge < -0.3 is 30.0 Å². The van der Waals surface area contributed by atoms with Gasteiger partial charge in [0, 0.05) is 44.4 Å². The lowest BCUT2D eigenvalue weighted by molar-refractivity contribution is -0.152. The number of sulfonamides is 1. The summed E-state index contributed by atoms with van der Waals surface area (Å²) >= 11 is 5.88. The molecule has 3 N–H and O–H groups in total. The van der Waals surface area contributed by atoms with Crippen molar-refractivity contribution in [2.24, 2.45) is 0 Å². The van der Waals surface area contributed by atoms with Crippen molar-refractivity contribution >= 4 is 45.3 Å². The van der Waals surface area contributed by atoms with Crippen LogP contribution in [0.4, 0.5) is 4.39 Å². The van der Waals surface area contributed by atoms with E-state index in [1.165, 1.54) is 26.8 Å². The van der Waals surface area contributed by atoms with E-state index in [1.807, 2.05) is 0 Å². The van der Waals surface area contributed by atoms with Crippen molar-refractivity contribution < 1.29 is 47.3 Å². The quantitative estimate of drug-likeness (QED) is 0.371. The predicted molar refractivity (Wildman–Crippen MR) is 159 cm³/mol. The SMILES string of the molecule is O=C(O)[C@@H]1CCCN1C(=O)[C@@H]1CCCN1C(=O)[C@@H]1CCCN1S(=O)(=O)c1cc(O)c(O)c2c1CN(Cc1ccc(F)c(Cl)c1)C2=O. The summed E-state index contributed by atoms with van der Waals surface area (Å²) in [6.45, 7) is 0.0686. The van der Waals surface area contributed by atoms with E-state index >= 15 is 0 Å². The number of nitrogens with zero attached hydrogens (tertiary/aromatic N) is 4. The fourth-order valence-corrected chi connectivity index (χ4v) is 9.15. The number of benzene rings is 2. The first-order chi connectivity index (χ1) is 21.8. The van der Waals surface area contributed by atoms with E-state index in [-0.39, 0.29) is 49.7 Å². The second-order valence-electron chi connectivity index (χ2n) is 12.0. The molecule has 3 saturated heterocycles. The summed E-state index contributed by atoms with van der Waals surface area (Å²) in [4.78, 5) is 55.8. The van der Waals surface area contributed by atoms with E-state index in [0.717, 1.165) is 16.4 Å². The van der Waals surface area contributed by atoms with E-state index < -0.39 is 79.6 Å². The number of hydrogen-bond acceptors (Lipinski definition) is 8. The number of carboxylic acids is 1. The van der Waals surface area contributed by atoms with E-state index in [9.17, 15) is 47.3 Å². The molecule has 13 nitrogen and oxygen atoms in total. The van der Waals surface area contributed by atoms with Gasteiger partial charge in [-0.25, -0.2) is 17.6 Å². The fraction of sp³-hybridized carbons (Fsp3) is 0.467. The Morgan fingerprint density at radius 2 is 1.52 bits per heavy atom. The lowest BCUT2D eigenvalue weighted by Gasteiger charge is -2.33. The number of phenolic OH excluding ortho intramolecular Hbond substituents is 2. The number of amides is 3. The molecule has 2 aromatic rings. The zero-order valence-electron chi connectivity index (χ0n) is 24.6. The maximum absolute atomic E-state index is 14.2. The number of rotatable bonds is 7. The van der Waals surface area contributed by atoms with Crippen LogP contribution in [0.3, 0.4) is 0 Å². The van der Waals surface area contributed by atoms with Gasteiger partial charge in [-0.2, -0.15) is 4.31 Å². The van der Waals surface area contributed by atoms with Gasteiger partial charge in [0.15, 0.2) is 11.5 Å². The Morgan fingerprint density at radius 1 is 0.913 bits per heavy atom. The molecule has 0 aliphatic carbocycles. The summed E-state index contributed by atoms with van der Waals surface area (Å²) in [5.74, 6) is -5.18. The van der Waals surface area contributed by atoms with Crippen LogP contribution in [-0.2, 0) is 37.5 Å². The molecule has 0 bridgehead atoms. The highest BCUT2D eigenvalue weighted by molar-refractivity contribution is 7.89. The Kier molecular flexibility index (Phi) is 8.36. The summed E-state index contributed by atoms with van der Waals surface area (Å²) in [6, 6.07) is 1.66. The number of phenols is 2. The van der Waals surface area contributed by atoms with Crippen LogP contribution in [0, 0.1) is 5.82 Å². The molecule has 3 fully saturated rings. The van der Waals surface area contributed by atoms with Crippen molar-refractivity contribution in [2.45, 2.75) is 74.6 Å². The third kappa shape index (κ3) is 5.33. The average molecular weight is 679 g/mol. The van der Waals surface area contributed by atoms with E-state index in [0.29, 0.717) is 37.7 Å². The Hall–Kier alpha value is -3.95. The van der Waals surface area contributed by atoms with Gasteiger partial charge in [0.25, 0.3) is 5.91 Å². The lowest BCUT2D eigenvalue weighted by Crippen LogP contribution is -2.54. The van der Waals surface area contributed by atoms with Crippen LogP contribution in [0.15, 0.2) is 29.2 Å². The third-order valence-corrected chi connectivity index (χ3v) is 11.5. The molecule has 16 heteroatoms. The van der Waals surface area contributed by atoms with E-state index in [4.69, 9.17) is 11.6 Å². The summed E-state index contributed by atoms with van der Waals surface area (Å²) in [5, 5.41) is 30.5. The van der Waals surface area contributed by atoms with Crippen LogP contribution in [0.2, 0.25) is 5.02 Å². The summed E-state index contributed by atoms with van der Waals surface area (Å²) < 4.78 is 43.1. The molecule has 46 heavy (non-hydrogen) atoms. The third-order valence-electron chi connectivity index (χ3n) is 9.27. The van der Waals surface area contributed by atoms with Crippen LogP contribution in [0.1, 0.15) is 60.0 Å². The van der Waals surface area contributed by atoms with Crippen molar-refractivity contribution in [2.75, 3.05) is 19.6 Å². The van der Waals surface area contributed by atoms with E-state index in [2.05, 4.69) is 0 Å². The van der Waals surface area contributed by atoms with Gasteiger partial charge >= 0.3 is 5.97 Å². The van der Waals surface area contributed by atoms with Crippen molar-refractivity contribution in [3.05, 3.63) is 51.8 Å². The van der Waals surface area contributed by atoms with Crippen LogP contribution in [0.5, 0.6) is 11.5 Å². The molecule has 4 heterocycles. The minimum Gasteiger partial charge on any atom is -0.504 e. The Morgan fingerprint density at radius 3 is 2.20 bits per heavy atom. The Balaban J connectivity index is 1.27. The summed E-state index contributed by atoms with van der Waals surface area (Å²) in [7, 11) is -4.54. The van der Waals surface area contributed by atoms with Gasteiger partial charge in [-0.1, -0.05) is 17.7 Å². The van der Waals surface area contributed by atoms with Gasteiger partial charge in [-0.3, -0.25) is 14.4 Å². The number of likely N-dealkylation sites (tertiary alicyclic amines) is 2. The molecular formula is C30H32ClFN4O9S. The molecule has 2 aromatic carbocycles. The number of aliphatic carboxylic acids is 1. The molecule has 4 aliphatic rings. The number of fused-ring (bicyclic) bond motifs is 1. The van der Waals surface area contributed by atoms with Crippen LogP contribution < -0.4 is 0 Å². The highest BCUT2D eigenvalue weighted by Gasteiger charge is 2.48. The fourth-order valence-electron chi connectivity index (χ4n) is 7.06.